The summed E-state index contributed by atoms with van der Waals surface area (Å²) in [6.45, 7) is 5.81. The van der Waals surface area contributed by atoms with E-state index in [4.69, 9.17) is 10.6 Å². The molecule has 11 heteroatoms. The third-order valence-corrected chi connectivity index (χ3v) is 4.33. The van der Waals surface area contributed by atoms with Gasteiger partial charge in [0.25, 0.3) is 0 Å². The third kappa shape index (κ3) is 3.22. The predicted octanol–water partition coefficient (Wildman–Crippen LogP) is 1.09. The Hall–Kier alpha value is -4.02. The van der Waals surface area contributed by atoms with Crippen LogP contribution in [0.2, 0.25) is 0 Å². The van der Waals surface area contributed by atoms with Crippen LogP contribution in [0.25, 0.3) is 33.8 Å². The molecule has 148 valence electrons. The van der Waals surface area contributed by atoms with Gasteiger partial charge in [-0.25, -0.2) is 9.78 Å². The molecule has 0 bridgehead atoms. The molecule has 0 radical (unpaired) electrons. The first kappa shape index (κ1) is 18.3. The van der Waals surface area contributed by atoms with Crippen LogP contribution in [-0.4, -0.2) is 46.8 Å². The Balaban J connectivity index is 1.87. The summed E-state index contributed by atoms with van der Waals surface area (Å²) in [5, 5.41) is 16.3. The molecule has 0 atom stereocenters. The monoisotopic (exact) mass is 394 g/mol. The van der Waals surface area contributed by atoms with E-state index < -0.39 is 11.9 Å². The number of amides is 1. The highest BCUT2D eigenvalue weighted by atomic mass is 16.7. The predicted molar refractivity (Wildman–Crippen MR) is 103 cm³/mol. The summed E-state index contributed by atoms with van der Waals surface area (Å²) in [7, 11) is 0. The number of carbonyl (C=O) groups excluding carboxylic acids is 2. The van der Waals surface area contributed by atoms with Crippen molar-refractivity contribution in [3.63, 3.8) is 0 Å². The zero-order valence-electron chi connectivity index (χ0n) is 16.0. The van der Waals surface area contributed by atoms with Crippen LogP contribution in [0.15, 0.2) is 24.4 Å². The summed E-state index contributed by atoms with van der Waals surface area (Å²) in [4.78, 5) is 33.8. The van der Waals surface area contributed by atoms with Crippen LogP contribution in [0, 0.1) is 6.92 Å². The Bertz CT molecular complexity index is 1250. The van der Waals surface area contributed by atoms with Crippen LogP contribution in [0.5, 0.6) is 0 Å². The van der Waals surface area contributed by atoms with Crippen molar-refractivity contribution in [2.75, 3.05) is 0 Å². The summed E-state index contributed by atoms with van der Waals surface area (Å²) in [5.74, 6) is -0.312. The highest BCUT2D eigenvalue weighted by Crippen LogP contribution is 2.29. The summed E-state index contributed by atoms with van der Waals surface area (Å²) in [6, 6.07) is 4.99. The molecule has 0 aliphatic rings. The number of carbonyl (C=O) groups is 2. The number of benzene rings is 1. The maximum Gasteiger partial charge on any atom is 0.331 e. The van der Waals surface area contributed by atoms with Gasteiger partial charge in [0.05, 0.1) is 11.9 Å². The van der Waals surface area contributed by atoms with Gasteiger partial charge in [-0.2, -0.15) is 10.2 Å². The number of aromatic nitrogens is 7. The second-order valence-electron chi connectivity index (χ2n) is 6.42. The lowest BCUT2D eigenvalue weighted by Gasteiger charge is -2.05. The first-order valence-electron chi connectivity index (χ1n) is 8.85. The SMILES string of the molecule is CCn1nc(C)cc1-c1nc(-c2cc(C(N)=O)cc3c2cnn3OC(C)=O)n[nH]1. The van der Waals surface area contributed by atoms with Gasteiger partial charge in [0.15, 0.2) is 11.6 Å². The lowest BCUT2D eigenvalue weighted by atomic mass is 10.1. The topological polar surface area (TPSA) is 147 Å². The summed E-state index contributed by atoms with van der Waals surface area (Å²) in [5.41, 5.74) is 8.26. The normalized spacial score (nSPS) is 11.1. The molecule has 1 aromatic carbocycles. The average Bonchev–Trinajstić information content (AvgIpc) is 3.38. The highest BCUT2D eigenvalue weighted by Gasteiger charge is 2.19. The van der Waals surface area contributed by atoms with Crippen LogP contribution in [0.4, 0.5) is 0 Å². The minimum absolute atomic E-state index is 0.210. The van der Waals surface area contributed by atoms with Crippen LogP contribution in [-0.2, 0) is 11.3 Å². The van der Waals surface area contributed by atoms with Gasteiger partial charge in [-0.3, -0.25) is 14.6 Å². The number of nitrogens with zero attached hydrogens (tertiary/aromatic N) is 6. The minimum atomic E-state index is -0.640. The molecule has 3 N–H and O–H groups in total. The zero-order chi connectivity index (χ0) is 20.7. The molecule has 0 aliphatic heterocycles. The molecule has 0 saturated carbocycles. The summed E-state index contributed by atoms with van der Waals surface area (Å²) in [6.07, 6.45) is 1.51. The molecule has 0 aliphatic carbocycles. The molecule has 4 aromatic rings. The average molecular weight is 394 g/mol. The summed E-state index contributed by atoms with van der Waals surface area (Å²) >= 11 is 0. The Kier molecular flexibility index (Phi) is 4.34. The molecule has 4 rings (SSSR count). The lowest BCUT2D eigenvalue weighted by Crippen LogP contribution is -2.18. The van der Waals surface area contributed by atoms with E-state index in [1.54, 1.807) is 6.07 Å². The summed E-state index contributed by atoms with van der Waals surface area (Å²) < 4.78 is 1.81. The molecular weight excluding hydrogens is 376 g/mol. The van der Waals surface area contributed by atoms with Crippen LogP contribution in [0.1, 0.15) is 29.9 Å². The Morgan fingerprint density at radius 3 is 2.76 bits per heavy atom. The van der Waals surface area contributed by atoms with E-state index in [1.807, 2.05) is 24.6 Å². The van der Waals surface area contributed by atoms with Gasteiger partial charge in [-0.1, -0.05) is 4.85 Å². The van der Waals surface area contributed by atoms with Crippen LogP contribution in [0.3, 0.4) is 0 Å². The van der Waals surface area contributed by atoms with Gasteiger partial charge in [0, 0.05) is 30.0 Å². The Morgan fingerprint density at radius 2 is 2.07 bits per heavy atom. The van der Waals surface area contributed by atoms with E-state index in [1.165, 1.54) is 19.2 Å². The van der Waals surface area contributed by atoms with E-state index >= 15 is 0 Å². The second kappa shape index (κ2) is 6.86. The fourth-order valence-electron chi connectivity index (χ4n) is 3.10. The number of hydrogen-bond donors (Lipinski definition) is 2. The third-order valence-electron chi connectivity index (χ3n) is 4.33. The fourth-order valence-corrected chi connectivity index (χ4v) is 3.10. The van der Waals surface area contributed by atoms with E-state index in [-0.39, 0.29) is 5.56 Å². The van der Waals surface area contributed by atoms with Crippen molar-refractivity contribution < 1.29 is 14.4 Å². The molecule has 3 heterocycles. The van der Waals surface area contributed by atoms with Gasteiger partial charge < -0.3 is 10.6 Å². The molecular formula is C18H18N8O3. The maximum atomic E-state index is 11.8. The molecule has 0 fully saturated rings. The molecule has 1 amide bonds. The van der Waals surface area contributed by atoms with Crippen molar-refractivity contribution >= 4 is 22.8 Å². The maximum absolute atomic E-state index is 11.8. The first-order chi connectivity index (χ1) is 13.9. The number of rotatable bonds is 5. The van der Waals surface area contributed by atoms with E-state index in [9.17, 15) is 9.59 Å². The van der Waals surface area contributed by atoms with Gasteiger partial charge >= 0.3 is 5.97 Å². The van der Waals surface area contributed by atoms with Crippen LogP contribution >= 0.6 is 0 Å². The van der Waals surface area contributed by atoms with Crippen LogP contribution < -0.4 is 10.6 Å². The smallest absolute Gasteiger partial charge is 0.331 e. The van der Waals surface area contributed by atoms with Gasteiger partial charge in [-0.15, -0.1) is 5.10 Å². The van der Waals surface area contributed by atoms with Crippen molar-refractivity contribution in [3.05, 3.63) is 35.7 Å². The Labute approximate surface area is 164 Å². The minimum Gasteiger partial charge on any atom is -0.366 e. The first-order valence-corrected chi connectivity index (χ1v) is 8.85. The molecule has 29 heavy (non-hydrogen) atoms. The van der Waals surface area contributed by atoms with Crippen molar-refractivity contribution in [2.24, 2.45) is 5.73 Å². The number of hydrogen-bond acceptors (Lipinski definition) is 7. The number of aromatic amines is 1. The van der Waals surface area contributed by atoms with Crippen molar-refractivity contribution in [1.29, 1.82) is 0 Å². The van der Waals surface area contributed by atoms with E-state index in [2.05, 4.69) is 25.4 Å². The van der Waals surface area contributed by atoms with E-state index in [0.717, 1.165) is 16.2 Å². The second-order valence-corrected chi connectivity index (χ2v) is 6.42. The zero-order valence-corrected chi connectivity index (χ0v) is 16.0. The van der Waals surface area contributed by atoms with E-state index in [0.29, 0.717) is 34.7 Å². The van der Waals surface area contributed by atoms with Crippen molar-refractivity contribution in [1.82, 2.24) is 34.9 Å². The number of H-pyrrole nitrogens is 1. The van der Waals surface area contributed by atoms with Crippen molar-refractivity contribution in [2.45, 2.75) is 27.3 Å². The number of nitrogens with two attached hydrogens (primary N) is 1. The van der Waals surface area contributed by atoms with Gasteiger partial charge in [-0.05, 0) is 32.0 Å². The number of primary amides is 1. The number of nitrogens with one attached hydrogen (secondary N) is 1. The standard InChI is InChI=1S/C18H18N8O3/c1-4-25-15(5-9(2)24-25)18-21-17(22-23-18)12-6-11(16(19)28)7-14-13(12)8-20-26(14)29-10(3)27/h5-8H,4H2,1-3H3,(H2,19,28)(H,21,22,23). The van der Waals surface area contributed by atoms with Crippen molar-refractivity contribution in [3.8, 4) is 22.9 Å². The molecule has 0 saturated heterocycles. The number of aryl methyl sites for hydroxylation is 2. The molecule has 3 aromatic heterocycles. The van der Waals surface area contributed by atoms with Gasteiger partial charge in [0.1, 0.15) is 11.2 Å². The largest absolute Gasteiger partial charge is 0.366 e. The highest BCUT2D eigenvalue weighted by molar-refractivity contribution is 6.02. The number of fused-ring (bicyclic) bond motifs is 1. The fraction of sp³-hybridized carbons (Fsp3) is 0.222. The van der Waals surface area contributed by atoms with Gasteiger partial charge in [0.2, 0.25) is 5.91 Å². The molecule has 0 spiro atoms. The molecule has 0 unspecified atom stereocenters. The quantitative estimate of drug-likeness (QED) is 0.515. The lowest BCUT2D eigenvalue weighted by molar-refractivity contribution is -0.142. The molecule has 11 nitrogen and oxygen atoms in total. The Morgan fingerprint density at radius 1 is 1.28 bits per heavy atom.